The van der Waals surface area contributed by atoms with E-state index in [-0.39, 0.29) is 55.6 Å². The van der Waals surface area contributed by atoms with E-state index >= 15 is 0 Å². The number of aliphatic imine (C=N–C) groups is 2. The van der Waals surface area contributed by atoms with Crippen molar-refractivity contribution in [3.63, 3.8) is 0 Å². The van der Waals surface area contributed by atoms with E-state index in [0.29, 0.717) is 185 Å². The topological polar surface area (TPSA) is 275 Å². The quantitative estimate of drug-likeness (QED) is 0.00776. The molecule has 2 aliphatic heterocycles. The number of amides is 1. The van der Waals surface area contributed by atoms with E-state index in [4.69, 9.17) is 58.1 Å². The van der Waals surface area contributed by atoms with Gasteiger partial charge in [0.15, 0.2) is 17.6 Å². The molecule has 28 heteroatoms. The summed E-state index contributed by atoms with van der Waals surface area (Å²) in [7, 11) is -3.82. The van der Waals surface area contributed by atoms with Crippen molar-refractivity contribution >= 4 is 51.1 Å². The zero-order valence-corrected chi connectivity index (χ0v) is 53.0. The molecule has 0 atom stereocenters. The molecular weight excluding hydrogens is 1230 g/mol. The lowest BCUT2D eigenvalue weighted by atomic mass is 10.0. The molecule has 0 radical (unpaired) electrons. The molecule has 4 aromatic rings. The van der Waals surface area contributed by atoms with Crippen molar-refractivity contribution in [2.24, 2.45) is 21.6 Å². The first-order valence-corrected chi connectivity index (χ1v) is 32.1. The Labute approximate surface area is 535 Å². The van der Waals surface area contributed by atoms with Crippen LogP contribution in [0.15, 0.2) is 93.2 Å². The van der Waals surface area contributed by atoms with E-state index in [2.05, 4.69) is 26.4 Å². The number of esters is 1. The van der Waals surface area contributed by atoms with Gasteiger partial charge in [0.1, 0.15) is 5.84 Å². The number of ether oxygens (including phenoxy) is 11. The Balaban J connectivity index is 0.735. The van der Waals surface area contributed by atoms with Gasteiger partial charge in [0.25, 0.3) is 0 Å². The van der Waals surface area contributed by atoms with Gasteiger partial charge in [0.05, 0.1) is 166 Å². The van der Waals surface area contributed by atoms with Crippen LogP contribution in [0.25, 0.3) is 17.2 Å². The van der Waals surface area contributed by atoms with Gasteiger partial charge in [-0.15, -0.1) is 0 Å². The van der Waals surface area contributed by atoms with Gasteiger partial charge in [-0.25, -0.2) is 27.2 Å². The van der Waals surface area contributed by atoms with Gasteiger partial charge in [-0.1, -0.05) is 44.2 Å². The number of guanidine groups is 1. The minimum absolute atomic E-state index is 0.000404. The lowest BCUT2D eigenvalue weighted by Crippen LogP contribution is -2.54. The van der Waals surface area contributed by atoms with Crippen LogP contribution in [0.3, 0.4) is 0 Å². The van der Waals surface area contributed by atoms with Crippen LogP contribution < -0.4 is 21.1 Å². The zero-order valence-electron chi connectivity index (χ0n) is 52.2. The first-order valence-electron chi connectivity index (χ1n) is 30.7. The van der Waals surface area contributed by atoms with Crippen molar-refractivity contribution in [1.82, 2.24) is 19.8 Å². The van der Waals surface area contributed by atoms with Crippen LogP contribution in [0.2, 0.25) is 0 Å². The predicted octanol–water partition coefficient (Wildman–Crippen LogP) is 6.86. The van der Waals surface area contributed by atoms with Gasteiger partial charge in [-0.05, 0) is 66.4 Å². The maximum absolute atomic E-state index is 13.9. The minimum atomic E-state index is -3.82. The third-order valence-corrected chi connectivity index (χ3v) is 15.5. The Morgan fingerprint density at radius 3 is 1.71 bits per heavy atom. The summed E-state index contributed by atoms with van der Waals surface area (Å²) in [6.07, 6.45) is 3.38. The number of sulfonamides is 1. The largest absolute Gasteiger partial charge is 0.420 e. The van der Waals surface area contributed by atoms with Crippen LogP contribution in [0.5, 0.6) is 5.75 Å². The molecule has 504 valence electrons. The van der Waals surface area contributed by atoms with Gasteiger partial charge >= 0.3 is 5.97 Å². The van der Waals surface area contributed by atoms with Crippen LogP contribution in [-0.4, -0.2) is 213 Å². The molecule has 0 bridgehead atoms. The number of nitrogens with zero attached hydrogens (tertiary/aromatic N) is 5. The van der Waals surface area contributed by atoms with Crippen molar-refractivity contribution in [2.75, 3.05) is 171 Å². The number of nitrogens with one attached hydrogen (secondary N) is 2. The lowest BCUT2D eigenvalue weighted by Gasteiger charge is -2.38. The molecule has 4 N–H and O–H groups in total. The normalized spacial score (nSPS) is 13.6. The molecular formula is C64H84F4N8O15S. The van der Waals surface area contributed by atoms with Gasteiger partial charge < -0.3 is 73.4 Å². The third-order valence-electron chi connectivity index (χ3n) is 13.7. The molecule has 0 unspecified atom stereocenters. The first kappa shape index (κ1) is 74.1. The van der Waals surface area contributed by atoms with Crippen LogP contribution in [-0.2, 0) is 67.0 Å². The number of carbonyl (C=O) groups is 2. The highest BCUT2D eigenvalue weighted by atomic mass is 32.2. The molecule has 4 aromatic carbocycles. The minimum Gasteiger partial charge on any atom is -0.420 e. The van der Waals surface area contributed by atoms with E-state index in [1.54, 1.807) is 42.5 Å². The maximum atomic E-state index is 13.9. The maximum Gasteiger partial charge on any atom is 0.313 e. The summed E-state index contributed by atoms with van der Waals surface area (Å²) in [6.45, 7) is 13.4. The summed E-state index contributed by atoms with van der Waals surface area (Å²) in [5, 5.41) is 16.1. The predicted molar refractivity (Wildman–Crippen MR) is 334 cm³/mol. The van der Waals surface area contributed by atoms with Crippen LogP contribution in [0.4, 0.5) is 28.9 Å². The third kappa shape index (κ3) is 25.8. The molecule has 2 aliphatic rings. The number of fused-ring (bicyclic) bond motifs is 1. The summed E-state index contributed by atoms with van der Waals surface area (Å²) in [6, 6.07) is 21.6. The number of hydrogen-bond acceptors (Lipinski definition) is 19. The molecule has 0 aliphatic carbocycles. The van der Waals surface area contributed by atoms with E-state index in [1.165, 1.54) is 4.31 Å². The van der Waals surface area contributed by atoms with Gasteiger partial charge in [-0.3, -0.25) is 9.59 Å². The van der Waals surface area contributed by atoms with Crippen molar-refractivity contribution in [3.8, 4) is 22.9 Å². The summed E-state index contributed by atoms with van der Waals surface area (Å²) >= 11 is 0. The molecule has 0 saturated carbocycles. The number of nitrogens with two attached hydrogens (primary N) is 1. The SMILES string of the molecule is CCCN(CCC)C(=O)C1=Cc2ccc(-c3cccc(S(=O)(=O)N4CC(CN/C(=N\c5cccc(C#N)c5)NCCOCCOCCOCCOCCOCCOCCOCCOCCOCCOCCC(=O)Oc5c(F)c(F)cc(F)c5F)C4)c3)cc2N=C(N)C1. The van der Waals surface area contributed by atoms with Crippen LogP contribution in [0, 0.1) is 40.5 Å². The van der Waals surface area contributed by atoms with Crippen molar-refractivity contribution in [1.29, 1.82) is 5.26 Å². The Hall–Kier alpha value is -6.98. The van der Waals surface area contributed by atoms with Crippen molar-refractivity contribution < 1.29 is 87.7 Å². The van der Waals surface area contributed by atoms with Crippen molar-refractivity contribution in [3.05, 3.63) is 113 Å². The average Bonchev–Trinajstić information content (AvgIpc) is 0.933. The number of hydrogen-bond donors (Lipinski definition) is 3. The molecule has 1 saturated heterocycles. The monoisotopic (exact) mass is 1310 g/mol. The summed E-state index contributed by atoms with van der Waals surface area (Å²) in [5.74, 6) is -8.81. The second kappa shape index (κ2) is 41.6. The number of amidine groups is 1. The van der Waals surface area contributed by atoms with E-state index in [0.717, 1.165) is 24.0 Å². The van der Waals surface area contributed by atoms with E-state index < -0.39 is 51.4 Å². The summed E-state index contributed by atoms with van der Waals surface area (Å²) < 4.78 is 142. The Kier molecular flexibility index (Phi) is 33.5. The fourth-order valence-corrected chi connectivity index (χ4v) is 10.7. The highest BCUT2D eigenvalue weighted by Crippen LogP contribution is 2.34. The fourth-order valence-electron chi connectivity index (χ4n) is 9.04. The first-order chi connectivity index (χ1) is 44.7. The van der Waals surface area contributed by atoms with Crippen LogP contribution in [0.1, 0.15) is 50.7 Å². The zero-order chi connectivity index (χ0) is 65.8. The number of carbonyl (C=O) groups excluding carboxylic acids is 2. The Morgan fingerprint density at radius 2 is 1.17 bits per heavy atom. The molecule has 23 nitrogen and oxygen atoms in total. The van der Waals surface area contributed by atoms with Gasteiger partial charge in [-0.2, -0.15) is 18.3 Å². The Bertz CT molecular complexity index is 3160. The number of halogens is 4. The standard InChI is InChI=1S/C64H84F4N8O15S/c1-3-15-75(16-4-2)63(78)52-38-51-12-11-50(40-57(51)74-58(70)41-52)49-8-6-10-54(39-49)92(79,80)76-45-48(46-76)44-72-64(73-53-9-5-7-47(37-53)43-69)71-14-18-82-20-22-84-24-26-86-28-30-88-32-34-90-36-35-89-33-31-87-29-27-85-25-23-83-21-19-81-17-13-59(77)91-62-60(67)55(65)42-56(66)61(62)68/h5-12,37-40,42,48H,3-4,13-36,41,44-46H2,1-2H3,(H2,70,74)(H2,71,72,73). The summed E-state index contributed by atoms with van der Waals surface area (Å²) in [5.41, 5.74) is 10.8. The van der Waals surface area contributed by atoms with Crippen LogP contribution >= 0.6 is 0 Å². The fraction of sp³-hybridized carbons (Fsp3) is 0.516. The Morgan fingerprint density at radius 1 is 0.663 bits per heavy atom. The molecule has 0 aromatic heterocycles. The van der Waals surface area contributed by atoms with E-state index in [9.17, 15) is 40.8 Å². The average molecular weight is 1310 g/mol. The molecule has 1 fully saturated rings. The number of benzene rings is 4. The summed E-state index contributed by atoms with van der Waals surface area (Å²) in [4.78, 5) is 36.6. The van der Waals surface area contributed by atoms with E-state index in [1.807, 2.05) is 49.1 Å². The second-order valence-electron chi connectivity index (χ2n) is 20.8. The number of nitriles is 1. The van der Waals surface area contributed by atoms with Crippen molar-refractivity contribution in [2.45, 2.75) is 44.4 Å². The molecule has 6 rings (SSSR count). The smallest absolute Gasteiger partial charge is 0.313 e. The molecule has 92 heavy (non-hydrogen) atoms. The molecule has 0 spiro atoms. The number of rotatable bonds is 45. The van der Waals surface area contributed by atoms with Gasteiger partial charge in [0, 0.05) is 68.8 Å². The molecule has 1 amide bonds. The molecule has 2 heterocycles. The highest BCUT2D eigenvalue weighted by Gasteiger charge is 2.37. The van der Waals surface area contributed by atoms with Gasteiger partial charge in [0.2, 0.25) is 33.3 Å². The second-order valence-corrected chi connectivity index (χ2v) is 22.7. The lowest BCUT2D eigenvalue weighted by molar-refractivity contribution is -0.136. The highest BCUT2D eigenvalue weighted by molar-refractivity contribution is 7.89.